The lowest BCUT2D eigenvalue weighted by Crippen LogP contribution is -2.12. The first-order valence-electron chi connectivity index (χ1n) is 7.71. The number of anilines is 1. The van der Waals surface area contributed by atoms with Crippen LogP contribution in [0.1, 0.15) is 46.1 Å². The number of benzene rings is 1. The average molecular weight is 329 g/mol. The summed E-state index contributed by atoms with van der Waals surface area (Å²) in [6.07, 6.45) is 4.13. The van der Waals surface area contributed by atoms with Gasteiger partial charge in [-0.25, -0.2) is 0 Å². The fourth-order valence-electron chi connectivity index (χ4n) is 2.94. The Morgan fingerprint density at radius 1 is 1.13 bits per heavy atom. The maximum absolute atomic E-state index is 13.0. The van der Waals surface area contributed by atoms with Gasteiger partial charge in [0.2, 0.25) is 5.91 Å². The van der Waals surface area contributed by atoms with E-state index in [1.54, 1.807) is 42.7 Å². The highest BCUT2D eigenvalue weighted by Crippen LogP contribution is 2.39. The molecule has 0 radical (unpaired) electrons. The van der Waals surface area contributed by atoms with Crippen molar-refractivity contribution in [3.63, 3.8) is 0 Å². The quantitative estimate of drug-likeness (QED) is 0.868. The van der Waals surface area contributed by atoms with Gasteiger partial charge in [-0.15, -0.1) is 11.3 Å². The van der Waals surface area contributed by atoms with Crippen molar-refractivity contribution in [3.05, 3.63) is 45.8 Å². The predicted molar refractivity (Wildman–Crippen MR) is 91.7 cm³/mol. The van der Waals surface area contributed by atoms with Crippen molar-refractivity contribution in [3.8, 4) is 5.75 Å². The molecule has 1 aromatic carbocycles. The van der Waals surface area contributed by atoms with E-state index in [0.717, 1.165) is 37.0 Å². The fourth-order valence-corrected chi connectivity index (χ4v) is 4.27. The molecule has 0 saturated heterocycles. The zero-order valence-corrected chi connectivity index (χ0v) is 14.1. The van der Waals surface area contributed by atoms with Crippen LogP contribution in [0.15, 0.2) is 24.3 Å². The summed E-state index contributed by atoms with van der Waals surface area (Å²) in [5.74, 6) is 0.541. The van der Waals surface area contributed by atoms with Gasteiger partial charge in [-0.05, 0) is 55.5 Å². The van der Waals surface area contributed by atoms with Gasteiger partial charge in [0.25, 0.3) is 0 Å². The van der Waals surface area contributed by atoms with Crippen molar-refractivity contribution >= 4 is 28.0 Å². The number of nitrogens with one attached hydrogen (secondary N) is 1. The number of hydrogen-bond acceptors (Lipinski definition) is 4. The van der Waals surface area contributed by atoms with Crippen molar-refractivity contribution in [2.75, 3.05) is 12.4 Å². The topological polar surface area (TPSA) is 55.4 Å². The molecule has 1 aromatic heterocycles. The van der Waals surface area contributed by atoms with Gasteiger partial charge < -0.3 is 10.1 Å². The third kappa shape index (κ3) is 3.15. The maximum atomic E-state index is 13.0. The lowest BCUT2D eigenvalue weighted by Gasteiger charge is -2.12. The monoisotopic (exact) mass is 329 g/mol. The second kappa shape index (κ2) is 6.54. The van der Waals surface area contributed by atoms with E-state index in [0.29, 0.717) is 16.1 Å². The second-order valence-corrected chi connectivity index (χ2v) is 6.76. The minimum atomic E-state index is -0.146. The lowest BCUT2D eigenvalue weighted by molar-refractivity contribution is -0.114. The van der Waals surface area contributed by atoms with Crippen LogP contribution in [0.4, 0.5) is 5.00 Å². The summed E-state index contributed by atoms with van der Waals surface area (Å²) in [6, 6.07) is 7.10. The van der Waals surface area contributed by atoms with Gasteiger partial charge in [0.05, 0.1) is 12.7 Å². The van der Waals surface area contributed by atoms with E-state index in [4.69, 9.17) is 4.74 Å². The van der Waals surface area contributed by atoms with Crippen LogP contribution in [0.3, 0.4) is 0 Å². The summed E-state index contributed by atoms with van der Waals surface area (Å²) >= 11 is 1.54. The molecule has 0 spiro atoms. The first kappa shape index (κ1) is 15.7. The first-order chi connectivity index (χ1) is 11.1. The van der Waals surface area contributed by atoms with Crippen LogP contribution in [0.2, 0.25) is 0 Å². The van der Waals surface area contributed by atoms with Gasteiger partial charge in [-0.1, -0.05) is 0 Å². The van der Waals surface area contributed by atoms with Gasteiger partial charge in [-0.3, -0.25) is 9.59 Å². The summed E-state index contributed by atoms with van der Waals surface area (Å²) < 4.78 is 5.14. The number of methoxy groups -OCH3 is 1. The minimum Gasteiger partial charge on any atom is -0.497 e. The van der Waals surface area contributed by atoms with Crippen LogP contribution in [0.5, 0.6) is 5.75 Å². The Morgan fingerprint density at radius 3 is 2.48 bits per heavy atom. The molecule has 1 amide bonds. The average Bonchev–Trinajstić information content (AvgIpc) is 2.91. The van der Waals surface area contributed by atoms with E-state index in [-0.39, 0.29) is 11.7 Å². The largest absolute Gasteiger partial charge is 0.497 e. The summed E-state index contributed by atoms with van der Waals surface area (Å²) in [5, 5.41) is 3.52. The van der Waals surface area contributed by atoms with Gasteiger partial charge in [0.1, 0.15) is 10.8 Å². The van der Waals surface area contributed by atoms with E-state index in [9.17, 15) is 9.59 Å². The smallest absolute Gasteiger partial charge is 0.221 e. The van der Waals surface area contributed by atoms with Gasteiger partial charge >= 0.3 is 0 Å². The number of amides is 1. The Bertz CT molecular complexity index is 746. The molecule has 1 aliphatic rings. The van der Waals surface area contributed by atoms with Crippen LogP contribution >= 0.6 is 11.3 Å². The molecular weight excluding hydrogens is 310 g/mol. The number of ether oxygens (including phenoxy) is 1. The highest BCUT2D eigenvalue weighted by molar-refractivity contribution is 7.17. The molecule has 0 atom stereocenters. The zero-order valence-electron chi connectivity index (χ0n) is 13.3. The van der Waals surface area contributed by atoms with E-state index >= 15 is 0 Å². The van der Waals surface area contributed by atoms with E-state index in [1.807, 2.05) is 0 Å². The molecule has 4 nitrogen and oxygen atoms in total. The molecule has 2 aromatic rings. The van der Waals surface area contributed by atoms with Crippen molar-refractivity contribution in [2.24, 2.45) is 0 Å². The van der Waals surface area contributed by atoms with Gasteiger partial charge in [0, 0.05) is 17.4 Å². The Balaban J connectivity index is 2.03. The van der Waals surface area contributed by atoms with Crippen LogP contribution < -0.4 is 10.1 Å². The van der Waals surface area contributed by atoms with Crippen molar-refractivity contribution in [1.29, 1.82) is 0 Å². The van der Waals surface area contributed by atoms with Crippen LogP contribution in [-0.4, -0.2) is 18.8 Å². The number of fused-ring (bicyclic) bond motifs is 1. The predicted octanol–water partition coefficient (Wildman–Crippen LogP) is 3.82. The molecule has 3 rings (SSSR count). The molecule has 1 N–H and O–H groups in total. The van der Waals surface area contributed by atoms with Gasteiger partial charge in [0.15, 0.2) is 5.78 Å². The molecule has 23 heavy (non-hydrogen) atoms. The van der Waals surface area contributed by atoms with Gasteiger partial charge in [-0.2, -0.15) is 0 Å². The Labute approximate surface area is 139 Å². The molecule has 0 bridgehead atoms. The molecule has 1 heterocycles. The van der Waals surface area contributed by atoms with E-state index in [1.165, 1.54) is 11.8 Å². The molecule has 0 unspecified atom stereocenters. The number of ketones is 1. The molecule has 5 heteroatoms. The Morgan fingerprint density at radius 2 is 1.83 bits per heavy atom. The summed E-state index contributed by atoms with van der Waals surface area (Å²) in [6.45, 7) is 1.47. The number of rotatable bonds is 4. The third-order valence-corrected chi connectivity index (χ3v) is 5.25. The van der Waals surface area contributed by atoms with Crippen LogP contribution in [-0.2, 0) is 17.6 Å². The Kier molecular flexibility index (Phi) is 4.48. The number of thiophene rings is 1. The van der Waals surface area contributed by atoms with Crippen molar-refractivity contribution < 1.29 is 14.3 Å². The highest BCUT2D eigenvalue weighted by Gasteiger charge is 2.26. The van der Waals surface area contributed by atoms with E-state index in [2.05, 4.69) is 5.32 Å². The zero-order chi connectivity index (χ0) is 16.4. The second-order valence-electron chi connectivity index (χ2n) is 5.65. The molecular formula is C18H19NO3S. The maximum Gasteiger partial charge on any atom is 0.221 e. The molecule has 0 aliphatic heterocycles. The Hall–Kier alpha value is -2.14. The number of aryl methyl sites for hydroxylation is 1. The molecule has 0 saturated carbocycles. The highest BCUT2D eigenvalue weighted by atomic mass is 32.1. The normalized spacial score (nSPS) is 13.3. The lowest BCUT2D eigenvalue weighted by atomic mass is 9.92. The molecule has 0 fully saturated rings. The summed E-state index contributed by atoms with van der Waals surface area (Å²) in [5.41, 5.74) is 2.40. The molecule has 1 aliphatic carbocycles. The van der Waals surface area contributed by atoms with Crippen LogP contribution in [0.25, 0.3) is 0 Å². The number of hydrogen-bond donors (Lipinski definition) is 1. The fraction of sp³-hybridized carbons (Fsp3) is 0.333. The SMILES string of the molecule is COc1ccc(C(=O)c2c(NC(C)=O)sc3c2CCCC3)cc1. The number of carbonyl (C=O) groups is 2. The van der Waals surface area contributed by atoms with E-state index < -0.39 is 0 Å². The minimum absolute atomic E-state index is 0.0317. The van der Waals surface area contributed by atoms with Crippen molar-refractivity contribution in [1.82, 2.24) is 0 Å². The standard InChI is InChI=1S/C18H19NO3S/c1-11(20)19-18-16(14-5-3-4-6-15(14)23-18)17(21)12-7-9-13(22-2)10-8-12/h7-10H,3-6H2,1-2H3,(H,19,20). The number of carbonyl (C=O) groups excluding carboxylic acids is 2. The molecule has 120 valence electrons. The summed E-state index contributed by atoms with van der Waals surface area (Å²) in [4.78, 5) is 25.7. The van der Waals surface area contributed by atoms with Crippen LogP contribution in [0, 0.1) is 0 Å². The first-order valence-corrected chi connectivity index (χ1v) is 8.52. The third-order valence-electron chi connectivity index (χ3n) is 4.04. The summed E-state index contributed by atoms with van der Waals surface area (Å²) in [7, 11) is 1.60. The van der Waals surface area contributed by atoms with Crippen molar-refractivity contribution in [2.45, 2.75) is 32.6 Å².